The molecule has 1 aliphatic rings. The van der Waals surface area contributed by atoms with Gasteiger partial charge in [-0.1, -0.05) is 30.3 Å². The number of likely N-dealkylation sites (tertiary alicyclic amines) is 1. The lowest BCUT2D eigenvalue weighted by Gasteiger charge is -2.23. The van der Waals surface area contributed by atoms with E-state index in [1.54, 1.807) is 7.11 Å². The van der Waals surface area contributed by atoms with Gasteiger partial charge in [-0.15, -0.1) is 0 Å². The Morgan fingerprint density at radius 2 is 2.15 bits per heavy atom. The number of rotatable bonds is 10. The first-order valence-corrected chi connectivity index (χ1v) is 9.72. The summed E-state index contributed by atoms with van der Waals surface area (Å²) in [5, 5.41) is 16.9. The summed E-state index contributed by atoms with van der Waals surface area (Å²) >= 11 is 0. The van der Waals surface area contributed by atoms with Crippen molar-refractivity contribution in [1.82, 2.24) is 15.5 Å². The third kappa shape index (κ3) is 6.94. The first kappa shape index (κ1) is 20.7. The van der Waals surface area contributed by atoms with Crippen molar-refractivity contribution >= 4 is 5.96 Å². The molecule has 1 aromatic carbocycles. The Morgan fingerprint density at radius 1 is 1.35 bits per heavy atom. The number of ether oxygens (including phenoxy) is 1. The predicted octanol–water partition coefficient (Wildman–Crippen LogP) is 1.78. The van der Waals surface area contributed by atoms with Gasteiger partial charge in [0.15, 0.2) is 5.96 Å². The van der Waals surface area contributed by atoms with Crippen molar-refractivity contribution in [2.45, 2.75) is 38.3 Å². The largest absolute Gasteiger partial charge is 0.388 e. The summed E-state index contributed by atoms with van der Waals surface area (Å²) < 4.78 is 5.20. The van der Waals surface area contributed by atoms with Crippen molar-refractivity contribution in [1.29, 1.82) is 0 Å². The minimum atomic E-state index is -0.453. The molecule has 0 spiro atoms. The number of aliphatic hydroxyl groups excluding tert-OH is 1. The van der Waals surface area contributed by atoms with Crippen molar-refractivity contribution in [3.63, 3.8) is 0 Å². The fourth-order valence-corrected chi connectivity index (χ4v) is 3.31. The molecule has 0 bridgehead atoms. The zero-order chi connectivity index (χ0) is 18.6. The van der Waals surface area contributed by atoms with E-state index in [0.29, 0.717) is 19.0 Å². The van der Waals surface area contributed by atoms with E-state index in [2.05, 4.69) is 22.5 Å². The standard InChI is InChI=1S/C20H34N4O2/c1-3-21-20(22-12-11-19(25)17-8-5-4-6-9-17)23-16-18-10-7-13-24(18)14-15-26-2/h4-6,8-9,18-19,25H,3,7,10-16H2,1-2H3,(H2,21,22,23). The van der Waals surface area contributed by atoms with E-state index in [0.717, 1.165) is 44.3 Å². The van der Waals surface area contributed by atoms with Crippen LogP contribution in [0.5, 0.6) is 0 Å². The predicted molar refractivity (Wildman–Crippen MR) is 106 cm³/mol. The molecule has 0 aliphatic carbocycles. The van der Waals surface area contributed by atoms with Crippen molar-refractivity contribution < 1.29 is 9.84 Å². The Bertz CT molecular complexity index is 524. The van der Waals surface area contributed by atoms with Crippen molar-refractivity contribution in [3.8, 4) is 0 Å². The minimum Gasteiger partial charge on any atom is -0.388 e. The van der Waals surface area contributed by atoms with Gasteiger partial charge >= 0.3 is 0 Å². The number of methoxy groups -OCH3 is 1. The lowest BCUT2D eigenvalue weighted by molar-refractivity contribution is 0.142. The number of benzene rings is 1. The van der Waals surface area contributed by atoms with Crippen LogP contribution in [0.15, 0.2) is 35.3 Å². The molecule has 0 amide bonds. The van der Waals surface area contributed by atoms with Gasteiger partial charge < -0.3 is 20.5 Å². The Kier molecular flexibility index (Phi) is 9.45. The van der Waals surface area contributed by atoms with E-state index in [4.69, 9.17) is 9.73 Å². The van der Waals surface area contributed by atoms with Gasteiger partial charge in [0.25, 0.3) is 0 Å². The molecular weight excluding hydrogens is 328 g/mol. The number of aliphatic imine (C=N–C) groups is 1. The summed E-state index contributed by atoms with van der Waals surface area (Å²) in [7, 11) is 1.75. The highest BCUT2D eigenvalue weighted by atomic mass is 16.5. The quantitative estimate of drug-likeness (QED) is 0.437. The normalized spacial score (nSPS) is 19.5. The molecule has 2 rings (SSSR count). The van der Waals surface area contributed by atoms with Gasteiger partial charge in [-0.3, -0.25) is 9.89 Å². The van der Waals surface area contributed by atoms with Gasteiger partial charge in [-0.05, 0) is 38.3 Å². The number of guanidine groups is 1. The summed E-state index contributed by atoms with van der Waals surface area (Å²) in [4.78, 5) is 7.22. The topological polar surface area (TPSA) is 69.1 Å². The zero-order valence-corrected chi connectivity index (χ0v) is 16.2. The first-order valence-electron chi connectivity index (χ1n) is 9.72. The van der Waals surface area contributed by atoms with E-state index >= 15 is 0 Å². The smallest absolute Gasteiger partial charge is 0.191 e. The third-order valence-electron chi connectivity index (χ3n) is 4.78. The molecule has 0 saturated carbocycles. The molecule has 146 valence electrons. The van der Waals surface area contributed by atoms with E-state index in [1.165, 1.54) is 12.8 Å². The molecule has 0 radical (unpaired) electrons. The van der Waals surface area contributed by atoms with Crippen LogP contribution < -0.4 is 10.6 Å². The fraction of sp³-hybridized carbons (Fsp3) is 0.650. The van der Waals surface area contributed by atoms with Gasteiger partial charge in [-0.2, -0.15) is 0 Å². The van der Waals surface area contributed by atoms with Crippen molar-refractivity contribution in [2.24, 2.45) is 4.99 Å². The van der Waals surface area contributed by atoms with Gasteiger partial charge in [0, 0.05) is 32.8 Å². The molecule has 6 heteroatoms. The Balaban J connectivity index is 1.78. The van der Waals surface area contributed by atoms with Crippen LogP contribution in [0.25, 0.3) is 0 Å². The van der Waals surface area contributed by atoms with Gasteiger partial charge in [-0.25, -0.2) is 0 Å². The first-order chi connectivity index (χ1) is 12.7. The van der Waals surface area contributed by atoms with Crippen LogP contribution >= 0.6 is 0 Å². The highest BCUT2D eigenvalue weighted by molar-refractivity contribution is 5.79. The minimum absolute atomic E-state index is 0.453. The number of hydrogen-bond acceptors (Lipinski definition) is 4. The number of nitrogens with one attached hydrogen (secondary N) is 2. The second kappa shape index (κ2) is 11.9. The third-order valence-corrected chi connectivity index (χ3v) is 4.78. The summed E-state index contributed by atoms with van der Waals surface area (Å²) in [6.07, 6.45) is 2.62. The van der Waals surface area contributed by atoms with E-state index in [-0.39, 0.29) is 0 Å². The van der Waals surface area contributed by atoms with E-state index in [9.17, 15) is 5.11 Å². The number of hydrogen-bond donors (Lipinski definition) is 3. The molecular formula is C20H34N4O2. The Morgan fingerprint density at radius 3 is 2.88 bits per heavy atom. The van der Waals surface area contributed by atoms with Crippen LogP contribution in [-0.4, -0.2) is 68.4 Å². The van der Waals surface area contributed by atoms with Crippen LogP contribution in [0.3, 0.4) is 0 Å². The number of nitrogens with zero attached hydrogens (tertiary/aromatic N) is 2. The molecule has 26 heavy (non-hydrogen) atoms. The molecule has 3 N–H and O–H groups in total. The number of aliphatic hydroxyl groups is 1. The van der Waals surface area contributed by atoms with Crippen LogP contribution in [0, 0.1) is 0 Å². The average Bonchev–Trinajstić information content (AvgIpc) is 3.12. The average molecular weight is 363 g/mol. The van der Waals surface area contributed by atoms with Crippen molar-refractivity contribution in [3.05, 3.63) is 35.9 Å². The molecule has 1 saturated heterocycles. The maximum absolute atomic E-state index is 10.3. The lowest BCUT2D eigenvalue weighted by atomic mass is 10.1. The molecule has 1 aliphatic heterocycles. The molecule has 1 fully saturated rings. The van der Waals surface area contributed by atoms with Crippen LogP contribution in [-0.2, 0) is 4.74 Å². The Labute approximate surface area is 157 Å². The monoisotopic (exact) mass is 362 g/mol. The zero-order valence-electron chi connectivity index (χ0n) is 16.2. The molecule has 0 aromatic heterocycles. The van der Waals surface area contributed by atoms with Crippen molar-refractivity contribution in [2.75, 3.05) is 46.4 Å². The highest BCUT2D eigenvalue weighted by Gasteiger charge is 2.23. The van der Waals surface area contributed by atoms with Crippen LogP contribution in [0.1, 0.15) is 37.9 Å². The molecule has 1 aromatic rings. The molecule has 1 heterocycles. The maximum atomic E-state index is 10.3. The molecule has 2 unspecified atom stereocenters. The van der Waals surface area contributed by atoms with Crippen LogP contribution in [0.4, 0.5) is 0 Å². The van der Waals surface area contributed by atoms with Crippen LogP contribution in [0.2, 0.25) is 0 Å². The lowest BCUT2D eigenvalue weighted by Crippen LogP contribution is -2.40. The summed E-state index contributed by atoms with van der Waals surface area (Å²) in [5.74, 6) is 0.825. The molecule has 2 atom stereocenters. The van der Waals surface area contributed by atoms with E-state index < -0.39 is 6.10 Å². The second-order valence-electron chi connectivity index (χ2n) is 6.69. The Hall–Kier alpha value is -1.63. The molecule has 6 nitrogen and oxygen atoms in total. The SMILES string of the molecule is CCNC(=NCC1CCCN1CCOC)NCCC(O)c1ccccc1. The summed E-state index contributed by atoms with van der Waals surface area (Å²) in [5.41, 5.74) is 0.955. The van der Waals surface area contributed by atoms with E-state index in [1.807, 2.05) is 30.3 Å². The second-order valence-corrected chi connectivity index (χ2v) is 6.69. The fourth-order valence-electron chi connectivity index (χ4n) is 3.31. The highest BCUT2D eigenvalue weighted by Crippen LogP contribution is 2.17. The van der Waals surface area contributed by atoms with Gasteiger partial charge in [0.1, 0.15) is 0 Å². The van der Waals surface area contributed by atoms with Gasteiger partial charge in [0.2, 0.25) is 0 Å². The van der Waals surface area contributed by atoms with Gasteiger partial charge in [0.05, 0.1) is 19.3 Å². The summed E-state index contributed by atoms with van der Waals surface area (Å²) in [6, 6.07) is 10.3. The maximum Gasteiger partial charge on any atom is 0.191 e. The summed E-state index contributed by atoms with van der Waals surface area (Å²) in [6.45, 7) is 7.25.